The van der Waals surface area contributed by atoms with Crippen LogP contribution in [0.25, 0.3) is 5.65 Å². The van der Waals surface area contributed by atoms with E-state index in [-0.39, 0.29) is 5.56 Å². The van der Waals surface area contributed by atoms with Crippen molar-refractivity contribution >= 4 is 5.65 Å². The minimum Gasteiger partial charge on any atom is -0.494 e. The van der Waals surface area contributed by atoms with Crippen LogP contribution >= 0.6 is 0 Å². The fourth-order valence-corrected chi connectivity index (χ4v) is 3.60. The number of aromatic nitrogens is 3. The van der Waals surface area contributed by atoms with Crippen LogP contribution in [0.3, 0.4) is 0 Å². The summed E-state index contributed by atoms with van der Waals surface area (Å²) in [6, 6.07) is 10.2. The van der Waals surface area contributed by atoms with E-state index >= 15 is 0 Å². The standard InChI is InChI=1S/C20H24N4O2/c1-3-26-16-6-4-15(5-7-16)13-23-10-8-17-18(9-11-23)21-19-12-14(2)22-24(19)20(17)25/h4-7,12,22H,3,8-11,13H2,1-2H3. The largest absolute Gasteiger partial charge is 0.494 e. The van der Waals surface area contributed by atoms with Crippen molar-refractivity contribution in [3.63, 3.8) is 0 Å². The lowest BCUT2D eigenvalue weighted by molar-refractivity contribution is 0.278. The summed E-state index contributed by atoms with van der Waals surface area (Å²) < 4.78 is 7.07. The first-order chi connectivity index (χ1) is 12.6. The molecule has 3 heterocycles. The Hall–Kier alpha value is -2.60. The molecule has 2 aromatic heterocycles. The fraction of sp³-hybridized carbons (Fsp3) is 0.400. The molecule has 136 valence electrons. The summed E-state index contributed by atoms with van der Waals surface area (Å²) in [6.07, 6.45) is 1.54. The van der Waals surface area contributed by atoms with Crippen LogP contribution in [0.15, 0.2) is 35.1 Å². The first kappa shape index (κ1) is 16.8. The van der Waals surface area contributed by atoms with Gasteiger partial charge in [-0.05, 0) is 38.0 Å². The lowest BCUT2D eigenvalue weighted by Crippen LogP contribution is -2.26. The van der Waals surface area contributed by atoms with Gasteiger partial charge in [-0.3, -0.25) is 14.8 Å². The van der Waals surface area contributed by atoms with Gasteiger partial charge in [0.25, 0.3) is 5.56 Å². The molecule has 0 atom stereocenters. The van der Waals surface area contributed by atoms with E-state index in [2.05, 4.69) is 22.1 Å². The molecular weight excluding hydrogens is 328 g/mol. The maximum atomic E-state index is 12.8. The number of fused-ring (bicyclic) bond motifs is 2. The number of nitrogens with zero attached hydrogens (tertiary/aromatic N) is 3. The molecule has 4 rings (SSSR count). The summed E-state index contributed by atoms with van der Waals surface area (Å²) in [6.45, 7) is 7.26. The van der Waals surface area contributed by atoms with Crippen LogP contribution in [0.5, 0.6) is 5.75 Å². The maximum absolute atomic E-state index is 12.8. The topological polar surface area (TPSA) is 62.6 Å². The molecule has 26 heavy (non-hydrogen) atoms. The predicted octanol–water partition coefficient (Wildman–Crippen LogP) is 2.33. The first-order valence-electron chi connectivity index (χ1n) is 9.18. The summed E-state index contributed by atoms with van der Waals surface area (Å²) in [5, 5.41) is 3.08. The van der Waals surface area contributed by atoms with Gasteiger partial charge in [0.2, 0.25) is 0 Å². The zero-order chi connectivity index (χ0) is 18.1. The number of ether oxygens (including phenoxy) is 1. The molecule has 6 heteroatoms. The van der Waals surface area contributed by atoms with Gasteiger partial charge in [0.1, 0.15) is 5.75 Å². The highest BCUT2D eigenvalue weighted by Gasteiger charge is 2.20. The number of hydrogen-bond donors (Lipinski definition) is 1. The van der Waals surface area contributed by atoms with E-state index in [1.165, 1.54) is 5.56 Å². The second-order valence-corrected chi connectivity index (χ2v) is 6.83. The Morgan fingerprint density at radius 1 is 1.19 bits per heavy atom. The van der Waals surface area contributed by atoms with Crippen molar-refractivity contribution < 1.29 is 4.74 Å². The van der Waals surface area contributed by atoms with Gasteiger partial charge in [0.05, 0.1) is 12.3 Å². The lowest BCUT2D eigenvalue weighted by Gasteiger charge is -2.19. The van der Waals surface area contributed by atoms with Crippen LogP contribution in [0.4, 0.5) is 0 Å². The summed E-state index contributed by atoms with van der Waals surface area (Å²) in [7, 11) is 0. The van der Waals surface area contributed by atoms with E-state index in [1.807, 2.05) is 32.0 Å². The molecule has 0 unspecified atom stereocenters. The van der Waals surface area contributed by atoms with Gasteiger partial charge in [-0.2, -0.15) is 0 Å². The van der Waals surface area contributed by atoms with Gasteiger partial charge in [-0.1, -0.05) is 12.1 Å². The number of H-pyrrole nitrogens is 1. The normalized spacial score (nSPS) is 15.0. The molecule has 1 aliphatic rings. The summed E-state index contributed by atoms with van der Waals surface area (Å²) >= 11 is 0. The van der Waals surface area contributed by atoms with Crippen LogP contribution in [0.1, 0.15) is 29.4 Å². The van der Waals surface area contributed by atoms with Crippen molar-refractivity contribution in [2.75, 3.05) is 19.7 Å². The van der Waals surface area contributed by atoms with Gasteiger partial charge in [0.15, 0.2) is 5.65 Å². The molecule has 0 fully saturated rings. The first-order valence-corrected chi connectivity index (χ1v) is 9.18. The smallest absolute Gasteiger partial charge is 0.276 e. The Kier molecular flexibility index (Phi) is 4.51. The van der Waals surface area contributed by atoms with Gasteiger partial charge < -0.3 is 4.74 Å². The van der Waals surface area contributed by atoms with E-state index in [1.54, 1.807) is 4.52 Å². The zero-order valence-electron chi connectivity index (χ0n) is 15.3. The molecule has 0 radical (unpaired) electrons. The Labute approximate surface area is 152 Å². The van der Waals surface area contributed by atoms with Gasteiger partial charge in [-0.25, -0.2) is 9.50 Å². The van der Waals surface area contributed by atoms with E-state index in [0.29, 0.717) is 12.3 Å². The zero-order valence-corrected chi connectivity index (χ0v) is 15.3. The molecule has 0 amide bonds. The third-order valence-electron chi connectivity index (χ3n) is 4.91. The minimum absolute atomic E-state index is 0.0426. The fourth-order valence-electron chi connectivity index (χ4n) is 3.60. The van der Waals surface area contributed by atoms with Crippen molar-refractivity contribution in [3.8, 4) is 5.75 Å². The van der Waals surface area contributed by atoms with E-state index in [9.17, 15) is 4.79 Å². The Balaban J connectivity index is 1.51. The Morgan fingerprint density at radius 3 is 2.73 bits per heavy atom. The number of aryl methyl sites for hydroxylation is 1. The third kappa shape index (κ3) is 3.24. The average Bonchev–Trinajstić information content (AvgIpc) is 2.89. The highest BCUT2D eigenvalue weighted by atomic mass is 16.5. The molecule has 1 aliphatic heterocycles. The quantitative estimate of drug-likeness (QED) is 0.783. The predicted molar refractivity (Wildman–Crippen MR) is 101 cm³/mol. The molecule has 0 saturated carbocycles. The van der Waals surface area contributed by atoms with Crippen LogP contribution in [0.2, 0.25) is 0 Å². The van der Waals surface area contributed by atoms with Crippen LogP contribution < -0.4 is 10.3 Å². The highest BCUT2D eigenvalue weighted by Crippen LogP contribution is 2.17. The molecule has 0 saturated heterocycles. The minimum atomic E-state index is 0.0426. The lowest BCUT2D eigenvalue weighted by atomic mass is 10.1. The summed E-state index contributed by atoms with van der Waals surface area (Å²) in [5.41, 5.74) is 4.76. The number of hydrogen-bond acceptors (Lipinski definition) is 4. The molecule has 0 spiro atoms. The van der Waals surface area contributed by atoms with Crippen molar-refractivity contribution in [2.45, 2.75) is 33.2 Å². The summed E-state index contributed by atoms with van der Waals surface area (Å²) in [5.74, 6) is 0.905. The highest BCUT2D eigenvalue weighted by molar-refractivity contribution is 5.42. The van der Waals surface area contributed by atoms with E-state index < -0.39 is 0 Å². The number of aromatic amines is 1. The number of benzene rings is 1. The second-order valence-electron chi connectivity index (χ2n) is 6.83. The van der Waals surface area contributed by atoms with Crippen LogP contribution in [0, 0.1) is 6.92 Å². The van der Waals surface area contributed by atoms with E-state index in [4.69, 9.17) is 9.72 Å². The van der Waals surface area contributed by atoms with E-state index in [0.717, 1.165) is 55.2 Å². The third-order valence-corrected chi connectivity index (χ3v) is 4.91. The van der Waals surface area contributed by atoms with Crippen LogP contribution in [-0.2, 0) is 19.4 Å². The second kappa shape index (κ2) is 6.96. The number of rotatable bonds is 4. The molecule has 0 bridgehead atoms. The van der Waals surface area contributed by atoms with Crippen molar-refractivity contribution in [2.24, 2.45) is 0 Å². The van der Waals surface area contributed by atoms with Crippen molar-refractivity contribution in [3.05, 3.63) is 63.2 Å². The molecule has 0 aliphatic carbocycles. The monoisotopic (exact) mass is 352 g/mol. The summed E-state index contributed by atoms with van der Waals surface area (Å²) in [4.78, 5) is 19.9. The van der Waals surface area contributed by atoms with Crippen LogP contribution in [-0.4, -0.2) is 39.2 Å². The Bertz CT molecular complexity index is 972. The average molecular weight is 352 g/mol. The molecule has 3 aromatic rings. The van der Waals surface area contributed by atoms with Crippen molar-refractivity contribution in [1.82, 2.24) is 19.5 Å². The van der Waals surface area contributed by atoms with Gasteiger partial charge in [0, 0.05) is 43.4 Å². The van der Waals surface area contributed by atoms with Crippen molar-refractivity contribution in [1.29, 1.82) is 0 Å². The maximum Gasteiger partial charge on any atom is 0.276 e. The van der Waals surface area contributed by atoms with Gasteiger partial charge >= 0.3 is 0 Å². The van der Waals surface area contributed by atoms with Gasteiger partial charge in [-0.15, -0.1) is 0 Å². The molecule has 1 N–H and O–H groups in total. The Morgan fingerprint density at radius 2 is 1.96 bits per heavy atom. The molecule has 1 aromatic carbocycles. The SMILES string of the molecule is CCOc1ccc(CN2CCc3nc4cc(C)[nH]n4c(=O)c3CC2)cc1. The number of nitrogens with one attached hydrogen (secondary N) is 1. The molecule has 6 nitrogen and oxygen atoms in total. The molecular formula is C20H24N4O2.